The zero-order chi connectivity index (χ0) is 25.1. The summed E-state index contributed by atoms with van der Waals surface area (Å²) in [6, 6.07) is 8.50. The van der Waals surface area contributed by atoms with Gasteiger partial charge in [0.2, 0.25) is 5.91 Å². The standard InChI is InChI=1S/C25H27FN6O3/c1-15-19(23(30-31(15)3)25(34)29-16(2)33)10-12-35-24-20(5-4-6-21(24)26)17-7-8-22-28-13-18(9-11-27)32(22)14-17/h4-8,13-14H,9-12,27H2,1-3H3,(H,29,33,34). The van der Waals surface area contributed by atoms with E-state index in [1.54, 1.807) is 30.1 Å². The fourth-order valence-corrected chi connectivity index (χ4v) is 4.01. The Labute approximate surface area is 201 Å². The number of rotatable bonds is 8. The molecule has 0 spiro atoms. The van der Waals surface area contributed by atoms with Gasteiger partial charge in [0, 0.05) is 67.3 Å². The van der Waals surface area contributed by atoms with E-state index in [9.17, 15) is 14.0 Å². The summed E-state index contributed by atoms with van der Waals surface area (Å²) in [5, 5.41) is 6.47. The number of para-hydroxylation sites is 1. The number of nitrogens with one attached hydrogen (secondary N) is 1. The first-order chi connectivity index (χ1) is 16.8. The van der Waals surface area contributed by atoms with Crippen molar-refractivity contribution in [3.8, 4) is 16.9 Å². The molecule has 0 radical (unpaired) electrons. The second-order valence-corrected chi connectivity index (χ2v) is 8.20. The molecular formula is C25H27FN6O3. The van der Waals surface area contributed by atoms with Gasteiger partial charge in [-0.1, -0.05) is 12.1 Å². The number of imide groups is 1. The predicted molar refractivity (Wildman–Crippen MR) is 129 cm³/mol. The van der Waals surface area contributed by atoms with E-state index in [4.69, 9.17) is 10.5 Å². The summed E-state index contributed by atoms with van der Waals surface area (Å²) in [6.07, 6.45) is 4.64. The molecule has 0 saturated heterocycles. The number of fused-ring (bicyclic) bond motifs is 1. The Hall–Kier alpha value is -4.05. The van der Waals surface area contributed by atoms with E-state index in [1.165, 1.54) is 13.0 Å². The van der Waals surface area contributed by atoms with Gasteiger partial charge in [-0.2, -0.15) is 5.10 Å². The Kier molecular flexibility index (Phi) is 6.92. The molecule has 0 aliphatic rings. The predicted octanol–water partition coefficient (Wildman–Crippen LogP) is 2.58. The Morgan fingerprint density at radius 2 is 2.00 bits per heavy atom. The highest BCUT2D eigenvalue weighted by molar-refractivity contribution is 6.03. The minimum atomic E-state index is -0.579. The molecule has 4 rings (SSSR count). The Morgan fingerprint density at radius 1 is 1.20 bits per heavy atom. The van der Waals surface area contributed by atoms with Crippen molar-refractivity contribution in [2.45, 2.75) is 26.7 Å². The number of aromatic nitrogens is 4. The molecular weight excluding hydrogens is 451 g/mol. The molecule has 4 aromatic rings. The number of carbonyl (C=O) groups excluding carboxylic acids is 2. The molecule has 3 N–H and O–H groups in total. The molecule has 1 aromatic carbocycles. The highest BCUT2D eigenvalue weighted by Gasteiger charge is 2.21. The van der Waals surface area contributed by atoms with E-state index in [0.29, 0.717) is 30.5 Å². The van der Waals surface area contributed by atoms with Crippen molar-refractivity contribution >= 4 is 17.5 Å². The molecule has 0 fully saturated rings. The maximum Gasteiger partial charge on any atom is 0.278 e. The van der Waals surface area contributed by atoms with Gasteiger partial charge in [-0.05, 0) is 31.7 Å². The van der Waals surface area contributed by atoms with E-state index < -0.39 is 17.6 Å². The van der Waals surface area contributed by atoms with Gasteiger partial charge in [-0.25, -0.2) is 9.37 Å². The van der Waals surface area contributed by atoms with Crippen LogP contribution in [0.5, 0.6) is 5.75 Å². The van der Waals surface area contributed by atoms with Gasteiger partial charge in [0.25, 0.3) is 5.91 Å². The third-order valence-corrected chi connectivity index (χ3v) is 5.82. The van der Waals surface area contributed by atoms with Gasteiger partial charge >= 0.3 is 0 Å². The van der Waals surface area contributed by atoms with Crippen molar-refractivity contribution in [2.24, 2.45) is 12.8 Å². The van der Waals surface area contributed by atoms with Gasteiger partial charge in [0.05, 0.1) is 6.61 Å². The minimum absolute atomic E-state index is 0.104. The molecule has 182 valence electrons. The van der Waals surface area contributed by atoms with E-state index >= 15 is 0 Å². The maximum atomic E-state index is 14.9. The molecule has 0 atom stereocenters. The molecule has 35 heavy (non-hydrogen) atoms. The van der Waals surface area contributed by atoms with E-state index in [1.807, 2.05) is 29.7 Å². The second kappa shape index (κ2) is 10.1. The van der Waals surface area contributed by atoms with E-state index in [-0.39, 0.29) is 18.1 Å². The lowest BCUT2D eigenvalue weighted by atomic mass is 10.1. The zero-order valence-electron chi connectivity index (χ0n) is 19.8. The number of carbonyl (C=O) groups is 2. The first-order valence-electron chi connectivity index (χ1n) is 11.2. The molecule has 10 heteroatoms. The van der Waals surface area contributed by atoms with Crippen LogP contribution in [0.1, 0.15) is 34.4 Å². The van der Waals surface area contributed by atoms with Crippen LogP contribution in [0, 0.1) is 12.7 Å². The average Bonchev–Trinajstić information content (AvgIpc) is 3.35. The Balaban J connectivity index is 1.60. The van der Waals surface area contributed by atoms with Crippen LogP contribution in [-0.4, -0.2) is 44.1 Å². The van der Waals surface area contributed by atoms with Crippen LogP contribution < -0.4 is 15.8 Å². The summed E-state index contributed by atoms with van der Waals surface area (Å²) >= 11 is 0. The summed E-state index contributed by atoms with van der Waals surface area (Å²) < 4.78 is 24.3. The highest BCUT2D eigenvalue weighted by Crippen LogP contribution is 2.33. The molecule has 0 aliphatic heterocycles. The first kappa shape index (κ1) is 24.1. The summed E-state index contributed by atoms with van der Waals surface area (Å²) in [4.78, 5) is 28.1. The molecule has 9 nitrogen and oxygen atoms in total. The molecule has 0 aliphatic carbocycles. The van der Waals surface area contributed by atoms with Crippen LogP contribution >= 0.6 is 0 Å². The molecule has 2 amide bonds. The fourth-order valence-electron chi connectivity index (χ4n) is 4.01. The van der Waals surface area contributed by atoms with Gasteiger partial charge in [-0.15, -0.1) is 0 Å². The van der Waals surface area contributed by atoms with E-state index in [0.717, 1.165) is 22.6 Å². The summed E-state index contributed by atoms with van der Waals surface area (Å²) in [6.45, 7) is 3.68. The van der Waals surface area contributed by atoms with Crippen LogP contribution in [0.4, 0.5) is 4.39 Å². The quantitative estimate of drug-likeness (QED) is 0.402. The van der Waals surface area contributed by atoms with Gasteiger partial charge < -0.3 is 14.9 Å². The number of nitrogens with zero attached hydrogens (tertiary/aromatic N) is 4. The molecule has 0 saturated carbocycles. The summed E-state index contributed by atoms with van der Waals surface area (Å²) in [7, 11) is 1.71. The SMILES string of the molecule is CC(=O)NC(=O)c1nn(C)c(C)c1CCOc1c(F)cccc1-c1ccc2ncc(CCN)n2c1. The van der Waals surface area contributed by atoms with Crippen molar-refractivity contribution in [2.75, 3.05) is 13.2 Å². The van der Waals surface area contributed by atoms with Crippen molar-refractivity contribution < 1.29 is 18.7 Å². The number of nitrogens with two attached hydrogens (primary N) is 1. The fraction of sp³-hybridized carbons (Fsp3) is 0.280. The van der Waals surface area contributed by atoms with Crippen molar-refractivity contribution in [1.82, 2.24) is 24.5 Å². The van der Waals surface area contributed by atoms with Gasteiger partial charge in [0.15, 0.2) is 17.3 Å². The van der Waals surface area contributed by atoms with Crippen molar-refractivity contribution in [3.05, 3.63) is 71.2 Å². The van der Waals surface area contributed by atoms with Crippen LogP contribution in [0.15, 0.2) is 42.7 Å². The second-order valence-electron chi connectivity index (χ2n) is 8.20. The highest BCUT2D eigenvalue weighted by atomic mass is 19.1. The molecule has 3 aromatic heterocycles. The average molecular weight is 479 g/mol. The number of pyridine rings is 1. The minimum Gasteiger partial charge on any atom is -0.490 e. The summed E-state index contributed by atoms with van der Waals surface area (Å²) in [5.74, 6) is -1.43. The Bertz CT molecular complexity index is 1410. The number of aryl methyl sites for hydroxylation is 1. The van der Waals surface area contributed by atoms with Crippen molar-refractivity contribution in [3.63, 3.8) is 0 Å². The number of hydrogen-bond acceptors (Lipinski definition) is 6. The third kappa shape index (κ3) is 4.92. The lowest BCUT2D eigenvalue weighted by molar-refractivity contribution is -0.118. The molecule has 0 bridgehead atoms. The van der Waals surface area contributed by atoms with Gasteiger partial charge in [0.1, 0.15) is 5.65 Å². The topological polar surface area (TPSA) is 117 Å². The van der Waals surface area contributed by atoms with Crippen LogP contribution in [0.2, 0.25) is 0 Å². The first-order valence-corrected chi connectivity index (χ1v) is 11.2. The number of imidazole rings is 1. The zero-order valence-corrected chi connectivity index (χ0v) is 19.8. The monoisotopic (exact) mass is 478 g/mol. The molecule has 3 heterocycles. The number of benzene rings is 1. The molecule has 0 unspecified atom stereocenters. The van der Waals surface area contributed by atoms with Gasteiger partial charge in [-0.3, -0.25) is 19.6 Å². The Morgan fingerprint density at radius 3 is 2.74 bits per heavy atom. The van der Waals surface area contributed by atoms with E-state index in [2.05, 4.69) is 15.4 Å². The van der Waals surface area contributed by atoms with Crippen LogP contribution in [0.3, 0.4) is 0 Å². The normalized spacial score (nSPS) is 11.1. The number of ether oxygens (including phenoxy) is 1. The maximum absolute atomic E-state index is 14.9. The third-order valence-electron chi connectivity index (χ3n) is 5.82. The van der Waals surface area contributed by atoms with Crippen LogP contribution in [0.25, 0.3) is 16.8 Å². The number of halogens is 1. The lowest BCUT2D eigenvalue weighted by Gasteiger charge is -2.14. The number of hydrogen-bond donors (Lipinski definition) is 2. The summed E-state index contributed by atoms with van der Waals surface area (Å²) in [5.41, 5.74) is 10.4. The van der Waals surface area contributed by atoms with Crippen LogP contribution in [-0.2, 0) is 24.7 Å². The smallest absolute Gasteiger partial charge is 0.278 e. The van der Waals surface area contributed by atoms with Crippen molar-refractivity contribution in [1.29, 1.82) is 0 Å². The largest absolute Gasteiger partial charge is 0.490 e. The number of amides is 2. The lowest BCUT2D eigenvalue weighted by Crippen LogP contribution is -2.29.